The zero-order valence-electron chi connectivity index (χ0n) is 7.87. The van der Waals surface area contributed by atoms with Crippen LogP contribution in [0.4, 0.5) is 0 Å². The molecule has 2 rings (SSSR count). The zero-order valence-corrected chi connectivity index (χ0v) is 9.46. The molecule has 1 aromatic rings. The summed E-state index contributed by atoms with van der Waals surface area (Å²) in [6.45, 7) is 0. The fraction of sp³-hybridized carbons (Fsp3) is 0.455. The van der Waals surface area contributed by atoms with E-state index in [-0.39, 0.29) is 0 Å². The van der Waals surface area contributed by atoms with Crippen LogP contribution in [-0.2, 0) is 11.2 Å². The minimum Gasteiger partial charge on any atom is -0.299 e. The van der Waals surface area contributed by atoms with Gasteiger partial charge >= 0.3 is 0 Å². The van der Waals surface area contributed by atoms with Crippen molar-refractivity contribution in [3.63, 3.8) is 0 Å². The van der Waals surface area contributed by atoms with Crippen molar-refractivity contribution >= 4 is 21.7 Å². The molecule has 14 heavy (non-hydrogen) atoms. The lowest BCUT2D eigenvalue weighted by Crippen LogP contribution is -2.02. The Morgan fingerprint density at radius 2 is 2.29 bits per heavy atom. The summed E-state index contributed by atoms with van der Waals surface area (Å²) in [5, 5.41) is 0. The molecule has 0 unspecified atom stereocenters. The maximum atomic E-state index is 11.4. The number of pyridine rings is 1. The van der Waals surface area contributed by atoms with Gasteiger partial charge in [-0.25, -0.2) is 0 Å². The lowest BCUT2D eigenvalue weighted by atomic mass is 10.1. The van der Waals surface area contributed by atoms with Crippen LogP contribution in [0.1, 0.15) is 24.8 Å². The highest BCUT2D eigenvalue weighted by Gasteiger charge is 2.28. The molecule has 1 aliphatic rings. The molecule has 0 spiro atoms. The molecule has 1 aromatic heterocycles. The first-order chi connectivity index (χ1) is 6.75. The first-order valence-electron chi connectivity index (χ1n) is 4.88. The highest BCUT2D eigenvalue weighted by Crippen LogP contribution is 2.31. The summed E-state index contributed by atoms with van der Waals surface area (Å²) in [5.41, 5.74) is 1.13. The number of nitrogens with zero attached hydrogens (tertiary/aromatic N) is 1. The summed E-state index contributed by atoms with van der Waals surface area (Å²) >= 11 is 3.36. The maximum Gasteiger partial charge on any atom is 0.136 e. The van der Waals surface area contributed by atoms with Crippen molar-refractivity contribution in [1.29, 1.82) is 0 Å². The lowest BCUT2D eigenvalue weighted by Gasteiger charge is -2.00. The molecule has 0 saturated heterocycles. The molecular weight excluding hydrogens is 242 g/mol. The van der Waals surface area contributed by atoms with E-state index in [2.05, 4.69) is 20.9 Å². The third-order valence-electron chi connectivity index (χ3n) is 2.45. The first-order valence-corrected chi connectivity index (χ1v) is 5.67. The number of hydrogen-bond donors (Lipinski definition) is 0. The molecule has 0 radical (unpaired) electrons. The summed E-state index contributed by atoms with van der Waals surface area (Å²) in [6, 6.07) is 2.02. The number of ketones is 1. The molecule has 0 aromatic carbocycles. The highest BCUT2D eigenvalue weighted by molar-refractivity contribution is 9.10. The Bertz CT molecular complexity index is 347. The SMILES string of the molecule is O=C(CCc1cncc(Br)c1)C1CC1. The first kappa shape index (κ1) is 9.84. The largest absolute Gasteiger partial charge is 0.299 e. The Balaban J connectivity index is 1.87. The summed E-state index contributed by atoms with van der Waals surface area (Å²) in [5.74, 6) is 0.806. The van der Waals surface area contributed by atoms with Gasteiger partial charge in [-0.15, -0.1) is 0 Å². The molecule has 1 aliphatic carbocycles. The number of rotatable bonds is 4. The van der Waals surface area contributed by atoms with E-state index in [1.54, 1.807) is 6.20 Å². The Kier molecular flexibility index (Phi) is 2.96. The summed E-state index contributed by atoms with van der Waals surface area (Å²) in [4.78, 5) is 15.5. The van der Waals surface area contributed by atoms with E-state index in [0.29, 0.717) is 18.1 Å². The summed E-state index contributed by atoms with van der Waals surface area (Å²) in [6.07, 6.45) is 7.28. The molecule has 0 aliphatic heterocycles. The van der Waals surface area contributed by atoms with E-state index in [4.69, 9.17) is 0 Å². The van der Waals surface area contributed by atoms with Gasteiger partial charge in [0.2, 0.25) is 0 Å². The predicted molar refractivity (Wildman–Crippen MR) is 58.0 cm³/mol. The van der Waals surface area contributed by atoms with Crippen LogP contribution in [0.15, 0.2) is 22.9 Å². The number of carbonyl (C=O) groups excluding carboxylic acids is 1. The van der Waals surface area contributed by atoms with Gasteiger partial charge in [-0.1, -0.05) is 0 Å². The molecular formula is C11H12BrNO. The van der Waals surface area contributed by atoms with Gasteiger partial charge in [0, 0.05) is 29.2 Å². The summed E-state index contributed by atoms with van der Waals surface area (Å²) < 4.78 is 0.980. The molecule has 2 nitrogen and oxygen atoms in total. The molecule has 0 N–H and O–H groups in total. The third kappa shape index (κ3) is 2.64. The van der Waals surface area contributed by atoms with Crippen LogP contribution >= 0.6 is 15.9 Å². The standard InChI is InChI=1S/C11H12BrNO/c12-10-5-8(6-13-7-10)1-4-11(14)9-2-3-9/h5-7,9H,1-4H2. The van der Waals surface area contributed by atoms with E-state index in [1.165, 1.54) is 0 Å². The maximum absolute atomic E-state index is 11.4. The Hall–Kier alpha value is -0.700. The molecule has 3 heteroatoms. The number of carbonyl (C=O) groups is 1. The molecule has 0 atom stereocenters. The topological polar surface area (TPSA) is 30.0 Å². The average molecular weight is 254 g/mol. The van der Waals surface area contributed by atoms with Crippen molar-refractivity contribution in [3.05, 3.63) is 28.5 Å². The van der Waals surface area contributed by atoms with Gasteiger partial charge in [0.1, 0.15) is 5.78 Å². The highest BCUT2D eigenvalue weighted by atomic mass is 79.9. The van der Waals surface area contributed by atoms with Gasteiger partial charge in [-0.05, 0) is 46.8 Å². The van der Waals surface area contributed by atoms with Crippen LogP contribution in [0.3, 0.4) is 0 Å². The molecule has 0 amide bonds. The lowest BCUT2D eigenvalue weighted by molar-refractivity contribution is -0.120. The number of Topliss-reactive ketones (excluding diaryl/α,β-unsaturated/α-hetero) is 1. The second-order valence-corrected chi connectivity index (χ2v) is 4.67. The van der Waals surface area contributed by atoms with E-state index in [0.717, 1.165) is 29.3 Å². The normalized spacial score (nSPS) is 15.5. The third-order valence-corrected chi connectivity index (χ3v) is 2.89. The monoisotopic (exact) mass is 253 g/mol. The second kappa shape index (κ2) is 4.22. The van der Waals surface area contributed by atoms with Crippen molar-refractivity contribution < 1.29 is 4.79 Å². The minimum absolute atomic E-state index is 0.384. The molecule has 0 bridgehead atoms. The fourth-order valence-corrected chi connectivity index (χ4v) is 1.88. The predicted octanol–water partition coefficient (Wildman–Crippen LogP) is 2.76. The van der Waals surface area contributed by atoms with Crippen LogP contribution in [-0.4, -0.2) is 10.8 Å². The fourth-order valence-electron chi connectivity index (χ4n) is 1.47. The van der Waals surface area contributed by atoms with Gasteiger partial charge < -0.3 is 0 Å². The number of aryl methyl sites for hydroxylation is 1. The Morgan fingerprint density at radius 1 is 1.50 bits per heavy atom. The minimum atomic E-state index is 0.384. The van der Waals surface area contributed by atoms with Crippen LogP contribution in [0, 0.1) is 5.92 Å². The van der Waals surface area contributed by atoms with E-state index >= 15 is 0 Å². The van der Waals surface area contributed by atoms with Crippen molar-refractivity contribution in [2.45, 2.75) is 25.7 Å². The molecule has 1 saturated carbocycles. The number of halogens is 1. The van der Waals surface area contributed by atoms with Crippen molar-refractivity contribution in [1.82, 2.24) is 4.98 Å². The second-order valence-electron chi connectivity index (χ2n) is 3.75. The molecule has 74 valence electrons. The van der Waals surface area contributed by atoms with Gasteiger partial charge in [0.25, 0.3) is 0 Å². The Morgan fingerprint density at radius 3 is 2.93 bits per heavy atom. The van der Waals surface area contributed by atoms with Crippen molar-refractivity contribution in [2.75, 3.05) is 0 Å². The van der Waals surface area contributed by atoms with Gasteiger partial charge in [0.15, 0.2) is 0 Å². The number of aromatic nitrogens is 1. The van der Waals surface area contributed by atoms with E-state index in [1.807, 2.05) is 12.3 Å². The average Bonchev–Trinajstić information content (AvgIpc) is 2.97. The quantitative estimate of drug-likeness (QED) is 0.826. The summed E-state index contributed by atoms with van der Waals surface area (Å²) in [7, 11) is 0. The number of hydrogen-bond acceptors (Lipinski definition) is 2. The van der Waals surface area contributed by atoms with Gasteiger partial charge in [-0.3, -0.25) is 9.78 Å². The van der Waals surface area contributed by atoms with E-state index < -0.39 is 0 Å². The Labute approximate surface area is 91.9 Å². The van der Waals surface area contributed by atoms with E-state index in [9.17, 15) is 4.79 Å². The van der Waals surface area contributed by atoms with Crippen LogP contribution in [0.2, 0.25) is 0 Å². The molecule has 1 heterocycles. The van der Waals surface area contributed by atoms with Crippen LogP contribution in [0.5, 0.6) is 0 Å². The molecule has 1 fully saturated rings. The van der Waals surface area contributed by atoms with Crippen LogP contribution in [0.25, 0.3) is 0 Å². The van der Waals surface area contributed by atoms with Gasteiger partial charge in [0.05, 0.1) is 0 Å². The van der Waals surface area contributed by atoms with Crippen molar-refractivity contribution in [3.8, 4) is 0 Å². The zero-order chi connectivity index (χ0) is 9.97. The van der Waals surface area contributed by atoms with Crippen molar-refractivity contribution in [2.24, 2.45) is 5.92 Å². The van der Waals surface area contributed by atoms with Crippen LogP contribution < -0.4 is 0 Å². The smallest absolute Gasteiger partial charge is 0.136 e. The van der Waals surface area contributed by atoms with Gasteiger partial charge in [-0.2, -0.15) is 0 Å².